The van der Waals surface area contributed by atoms with E-state index in [1.165, 1.54) is 37.7 Å². The monoisotopic (exact) mass is 621 g/mol. The number of ketones is 1. The Balaban J connectivity index is 0.00000259. The van der Waals surface area contributed by atoms with E-state index in [9.17, 15) is 9.59 Å². The molecule has 0 spiro atoms. The molecule has 2 aromatic rings. The number of anilines is 3. The van der Waals surface area contributed by atoms with Crippen LogP contribution in [0.25, 0.3) is 0 Å². The fourth-order valence-corrected chi connectivity index (χ4v) is 6.48. The van der Waals surface area contributed by atoms with Crippen LogP contribution in [0.1, 0.15) is 83.1 Å². The van der Waals surface area contributed by atoms with Gasteiger partial charge in [0.25, 0.3) is 5.91 Å². The Bertz CT molecular complexity index is 1330. The van der Waals surface area contributed by atoms with Crippen molar-refractivity contribution < 1.29 is 14.3 Å². The van der Waals surface area contributed by atoms with Crippen LogP contribution < -0.4 is 15.0 Å². The van der Waals surface area contributed by atoms with Crippen LogP contribution in [0.3, 0.4) is 0 Å². The summed E-state index contributed by atoms with van der Waals surface area (Å²) in [4.78, 5) is 37.7. The molecule has 1 aromatic heterocycles. The number of rotatable bonds is 11. The van der Waals surface area contributed by atoms with Gasteiger partial charge in [0.15, 0.2) is 5.78 Å². The van der Waals surface area contributed by atoms with Gasteiger partial charge in [0, 0.05) is 55.4 Å². The minimum Gasteiger partial charge on any atom is -0.492 e. The molecule has 2 aliphatic heterocycles. The van der Waals surface area contributed by atoms with Crippen LogP contribution in [0.5, 0.6) is 5.75 Å². The lowest BCUT2D eigenvalue weighted by molar-refractivity contribution is -0.113. The second kappa shape index (κ2) is 17.3. The number of Topliss-reactive ketones (excluding diaryl/α,β-unsaturated/α-hetero) is 1. The van der Waals surface area contributed by atoms with Gasteiger partial charge in [-0.2, -0.15) is 0 Å². The van der Waals surface area contributed by atoms with Crippen molar-refractivity contribution in [3.63, 3.8) is 0 Å². The van der Waals surface area contributed by atoms with E-state index < -0.39 is 0 Å². The summed E-state index contributed by atoms with van der Waals surface area (Å²) in [6.45, 7) is 17.9. The summed E-state index contributed by atoms with van der Waals surface area (Å²) >= 11 is 1.43. The highest BCUT2D eigenvalue weighted by Crippen LogP contribution is 2.33. The highest BCUT2D eigenvalue weighted by Gasteiger charge is 2.29. The number of nitrogens with zero attached hydrogens (tertiary/aromatic N) is 4. The Morgan fingerprint density at radius 1 is 1.11 bits per heavy atom. The first kappa shape index (κ1) is 35.2. The predicted octanol–water partition coefficient (Wildman–Crippen LogP) is 7.78. The number of pyridine rings is 1. The van der Waals surface area contributed by atoms with Crippen molar-refractivity contribution in [1.82, 2.24) is 14.8 Å². The number of likely N-dealkylation sites (tertiary alicyclic amines) is 2. The number of amides is 1. The molecule has 8 nitrogen and oxygen atoms in total. The van der Waals surface area contributed by atoms with Gasteiger partial charge < -0.3 is 24.8 Å². The molecule has 3 heterocycles. The van der Waals surface area contributed by atoms with Crippen molar-refractivity contribution in [1.29, 1.82) is 0 Å². The van der Waals surface area contributed by atoms with E-state index in [0.29, 0.717) is 34.7 Å². The van der Waals surface area contributed by atoms with E-state index in [4.69, 9.17) is 4.74 Å². The number of benzene rings is 1. The normalized spacial score (nSPS) is 16.3. The van der Waals surface area contributed by atoms with Crippen LogP contribution >= 0.6 is 11.8 Å². The molecular weight excluding hydrogens is 570 g/mol. The van der Waals surface area contributed by atoms with E-state index in [2.05, 4.69) is 15.2 Å². The summed E-state index contributed by atoms with van der Waals surface area (Å²) in [7, 11) is 1.96. The molecule has 1 amide bonds. The molecule has 1 N–H and O–H groups in total. The maximum absolute atomic E-state index is 13.4. The van der Waals surface area contributed by atoms with Crippen LogP contribution in [0.15, 0.2) is 52.5 Å². The number of hydrogen-bond acceptors (Lipinski definition) is 8. The molecule has 0 unspecified atom stereocenters. The van der Waals surface area contributed by atoms with Gasteiger partial charge in [0.1, 0.15) is 11.6 Å². The third-order valence-electron chi connectivity index (χ3n) is 8.11. The Hall–Kier alpha value is -3.30. The summed E-state index contributed by atoms with van der Waals surface area (Å²) in [5.74, 6) is 1.34. The Morgan fingerprint density at radius 3 is 2.41 bits per heavy atom. The smallest absolute Gasteiger partial charge is 0.253 e. The minimum atomic E-state index is 0.0273. The second-order valence-corrected chi connectivity index (χ2v) is 11.9. The first-order valence-electron chi connectivity index (χ1n) is 16.0. The first-order chi connectivity index (χ1) is 21.2. The van der Waals surface area contributed by atoms with Crippen LogP contribution in [0.2, 0.25) is 0 Å². The molecule has 0 atom stereocenters. The number of piperidine rings is 1. The third kappa shape index (κ3) is 8.88. The van der Waals surface area contributed by atoms with Gasteiger partial charge >= 0.3 is 0 Å². The van der Waals surface area contributed by atoms with Crippen molar-refractivity contribution in [3.8, 4) is 5.75 Å². The number of aryl methyl sites for hydroxylation is 1. The fraction of sp³-hybridized carbons (Fsp3) is 0.514. The van der Waals surface area contributed by atoms with E-state index >= 15 is 0 Å². The Labute approximate surface area is 268 Å². The first-order valence-corrected chi connectivity index (χ1v) is 16.9. The number of carbonyl (C=O) groups is 2. The number of thioether (sulfide) groups is 1. The lowest BCUT2D eigenvalue weighted by Gasteiger charge is -2.36. The highest BCUT2D eigenvalue weighted by molar-refractivity contribution is 8.06. The summed E-state index contributed by atoms with van der Waals surface area (Å²) in [5.41, 5.74) is 4.17. The lowest BCUT2D eigenvalue weighted by Crippen LogP contribution is -2.45. The summed E-state index contributed by atoms with van der Waals surface area (Å²) in [6.07, 6.45) is 8.41. The zero-order valence-electron chi connectivity index (χ0n) is 27.9. The number of allylic oxidation sites excluding steroid dienone is 3. The fourth-order valence-electron chi connectivity index (χ4n) is 5.73. The average molecular weight is 622 g/mol. The molecule has 0 radical (unpaired) electrons. The predicted molar refractivity (Wildman–Crippen MR) is 185 cm³/mol. The number of ether oxygens (including phenoxy) is 1. The molecule has 9 heteroatoms. The largest absolute Gasteiger partial charge is 0.492 e. The molecule has 0 bridgehead atoms. The number of carbonyl (C=O) groups excluding carboxylic acids is 2. The zero-order chi connectivity index (χ0) is 32.2. The molecule has 0 saturated carbocycles. The van der Waals surface area contributed by atoms with Crippen molar-refractivity contribution in [3.05, 3.63) is 63.7 Å². The summed E-state index contributed by atoms with van der Waals surface area (Å²) in [5, 5.41) is 5.31. The van der Waals surface area contributed by atoms with Gasteiger partial charge in [-0.05, 0) is 103 Å². The zero-order valence-corrected chi connectivity index (χ0v) is 28.7. The molecule has 0 aliphatic carbocycles. The molecule has 44 heavy (non-hydrogen) atoms. The topological polar surface area (TPSA) is 78.0 Å². The van der Waals surface area contributed by atoms with Gasteiger partial charge in [0.05, 0.1) is 17.2 Å². The van der Waals surface area contributed by atoms with Gasteiger partial charge in [-0.3, -0.25) is 9.59 Å². The standard InChI is InChI=1S/C33H45N5O3S.C2H6/c1-7-19-42-32(25(5)39)24(4)36(6)29-21-31(34-22-23(29)3)35-28-12-11-26(20-30(28)41-8-2)33(40)38-17-13-27(14-18-38)37-15-9-10-16-37;1-2/h7,11-12,19-22,27H,8-10,13-18H2,1-6H3,(H,34,35);1-2H3/b19-7+,32-24+;. The van der Waals surface area contributed by atoms with Crippen molar-refractivity contribution >= 4 is 40.6 Å². The van der Waals surface area contributed by atoms with Crippen molar-refractivity contribution in [2.75, 3.05) is 50.1 Å². The molecule has 4 rings (SSSR count). The number of aromatic nitrogens is 1. The van der Waals surface area contributed by atoms with Crippen molar-refractivity contribution in [2.24, 2.45) is 0 Å². The van der Waals surface area contributed by atoms with Crippen LogP contribution in [-0.4, -0.2) is 72.3 Å². The van der Waals surface area contributed by atoms with Crippen LogP contribution in [0, 0.1) is 6.92 Å². The highest BCUT2D eigenvalue weighted by atomic mass is 32.2. The number of hydrogen-bond donors (Lipinski definition) is 1. The quantitative estimate of drug-likeness (QED) is 0.255. The second-order valence-electron chi connectivity index (χ2n) is 11.0. The van der Waals surface area contributed by atoms with E-state index in [1.54, 1.807) is 6.92 Å². The average Bonchev–Trinajstić information content (AvgIpc) is 3.58. The van der Waals surface area contributed by atoms with Gasteiger partial charge in [-0.15, -0.1) is 0 Å². The molecule has 1 aromatic carbocycles. The van der Waals surface area contributed by atoms with Crippen molar-refractivity contribution in [2.45, 2.75) is 80.2 Å². The maximum Gasteiger partial charge on any atom is 0.253 e. The van der Waals surface area contributed by atoms with E-state index in [1.807, 2.05) is 100 Å². The van der Waals surface area contributed by atoms with Gasteiger partial charge in [-0.25, -0.2) is 4.98 Å². The van der Waals surface area contributed by atoms with E-state index in [-0.39, 0.29) is 11.7 Å². The van der Waals surface area contributed by atoms with Gasteiger partial charge in [-0.1, -0.05) is 31.7 Å². The van der Waals surface area contributed by atoms with E-state index in [0.717, 1.165) is 48.6 Å². The maximum atomic E-state index is 13.4. The third-order valence-corrected chi connectivity index (χ3v) is 9.34. The minimum absolute atomic E-state index is 0.0273. The lowest BCUT2D eigenvalue weighted by atomic mass is 10.0. The Kier molecular flexibility index (Phi) is 13.8. The van der Waals surface area contributed by atoms with Crippen LogP contribution in [-0.2, 0) is 4.79 Å². The molecular formula is C35H51N5O3S. The molecule has 2 fully saturated rings. The number of nitrogens with one attached hydrogen (secondary N) is 1. The SMILES string of the molecule is C/C=C/S/C(C(C)=O)=C(\C)N(C)c1cc(Nc2ccc(C(=O)N3CCC(N4CCCC4)CC3)cc2OCC)ncc1C.CC. The molecule has 240 valence electrons. The van der Waals surface area contributed by atoms with Crippen LogP contribution in [0.4, 0.5) is 17.2 Å². The van der Waals surface area contributed by atoms with Gasteiger partial charge in [0.2, 0.25) is 0 Å². The summed E-state index contributed by atoms with van der Waals surface area (Å²) < 4.78 is 5.97. The Morgan fingerprint density at radius 2 is 1.80 bits per heavy atom. The molecule has 2 aliphatic rings. The molecule has 2 saturated heterocycles. The summed E-state index contributed by atoms with van der Waals surface area (Å²) in [6, 6.07) is 8.18.